The number of methoxy groups -OCH3 is 1. The lowest BCUT2D eigenvalue weighted by Crippen LogP contribution is -2.34. The van der Waals surface area contributed by atoms with Crippen LogP contribution >= 0.6 is 0 Å². The maximum atomic E-state index is 11.1. The number of ether oxygens (including phenoxy) is 1. The monoisotopic (exact) mass is 280 g/mol. The minimum absolute atomic E-state index is 0.190. The molecular formula is C14H24N4O2. The number of carbonyl (C=O) groups is 1. The third-order valence-corrected chi connectivity index (χ3v) is 2.95. The smallest absolute Gasteiger partial charge is 0.236 e. The van der Waals surface area contributed by atoms with Crippen molar-refractivity contribution in [3.63, 3.8) is 0 Å². The van der Waals surface area contributed by atoms with Crippen molar-refractivity contribution in [2.24, 2.45) is 5.73 Å². The number of hydrogen-bond donors (Lipinski definition) is 2. The van der Waals surface area contributed by atoms with Gasteiger partial charge in [0.1, 0.15) is 5.82 Å². The van der Waals surface area contributed by atoms with Gasteiger partial charge in [0.25, 0.3) is 0 Å². The van der Waals surface area contributed by atoms with Gasteiger partial charge in [-0.25, -0.2) is 4.98 Å². The molecule has 0 aromatic carbocycles. The van der Waals surface area contributed by atoms with Crippen molar-refractivity contribution in [2.75, 3.05) is 38.3 Å². The Morgan fingerprint density at radius 3 is 2.85 bits per heavy atom. The van der Waals surface area contributed by atoms with E-state index in [1.807, 2.05) is 24.9 Å². The molecule has 0 fully saturated rings. The van der Waals surface area contributed by atoms with Crippen LogP contribution in [0.5, 0.6) is 0 Å². The van der Waals surface area contributed by atoms with Gasteiger partial charge in [-0.15, -0.1) is 0 Å². The third-order valence-electron chi connectivity index (χ3n) is 2.95. The number of nitrogens with two attached hydrogens (primary N) is 1. The molecule has 0 spiro atoms. The number of aromatic nitrogens is 1. The van der Waals surface area contributed by atoms with Crippen molar-refractivity contribution in [3.8, 4) is 0 Å². The van der Waals surface area contributed by atoms with E-state index >= 15 is 0 Å². The number of nitrogens with zero attached hydrogens (tertiary/aromatic N) is 2. The molecule has 1 aromatic rings. The summed E-state index contributed by atoms with van der Waals surface area (Å²) in [6.07, 6.45) is 1.83. The second-order valence-corrected chi connectivity index (χ2v) is 4.63. The highest BCUT2D eigenvalue weighted by atomic mass is 16.5. The quantitative estimate of drug-likeness (QED) is 0.642. The fraction of sp³-hybridized carbons (Fsp3) is 0.571. The number of aryl methyl sites for hydroxylation is 1. The van der Waals surface area contributed by atoms with Crippen molar-refractivity contribution in [3.05, 3.63) is 23.4 Å². The van der Waals surface area contributed by atoms with Crippen molar-refractivity contribution in [1.82, 2.24) is 10.3 Å². The molecule has 20 heavy (non-hydrogen) atoms. The van der Waals surface area contributed by atoms with Crippen LogP contribution in [-0.2, 0) is 16.1 Å². The largest absolute Gasteiger partial charge is 0.383 e. The van der Waals surface area contributed by atoms with Gasteiger partial charge in [0.2, 0.25) is 5.91 Å². The Labute approximate surface area is 120 Å². The van der Waals surface area contributed by atoms with Gasteiger partial charge in [-0.2, -0.15) is 0 Å². The molecule has 0 radical (unpaired) electrons. The standard InChI is InChI=1S/C14H24N4O2/c1-4-18(10-13(15)19)14-11(2)7-12(9-17-14)8-16-5-6-20-3/h7,9,16H,4-6,8,10H2,1-3H3,(H2,15,19). The molecule has 1 heterocycles. The van der Waals surface area contributed by atoms with Gasteiger partial charge in [0, 0.05) is 32.9 Å². The summed E-state index contributed by atoms with van der Waals surface area (Å²) in [5.74, 6) is 0.463. The van der Waals surface area contributed by atoms with E-state index in [-0.39, 0.29) is 12.5 Å². The molecule has 0 aliphatic carbocycles. The molecule has 0 unspecified atom stereocenters. The second-order valence-electron chi connectivity index (χ2n) is 4.63. The van der Waals surface area contributed by atoms with Gasteiger partial charge in [-0.3, -0.25) is 4.79 Å². The first-order valence-corrected chi connectivity index (χ1v) is 6.76. The average molecular weight is 280 g/mol. The van der Waals surface area contributed by atoms with Crippen LogP contribution in [0.1, 0.15) is 18.1 Å². The Morgan fingerprint density at radius 2 is 2.30 bits per heavy atom. The average Bonchev–Trinajstić information content (AvgIpc) is 2.41. The normalized spacial score (nSPS) is 10.6. The molecular weight excluding hydrogens is 256 g/mol. The zero-order valence-corrected chi connectivity index (χ0v) is 12.5. The van der Waals surface area contributed by atoms with Gasteiger partial charge in [0.15, 0.2) is 0 Å². The lowest BCUT2D eigenvalue weighted by molar-refractivity contribution is -0.116. The third kappa shape index (κ3) is 5.14. The zero-order chi connectivity index (χ0) is 15.0. The molecule has 0 saturated carbocycles. The number of pyridine rings is 1. The van der Waals surface area contributed by atoms with E-state index in [4.69, 9.17) is 10.5 Å². The highest BCUT2D eigenvalue weighted by Gasteiger charge is 2.11. The first-order chi connectivity index (χ1) is 9.58. The highest BCUT2D eigenvalue weighted by molar-refractivity contribution is 5.79. The molecule has 1 aromatic heterocycles. The summed E-state index contributed by atoms with van der Waals surface area (Å²) in [7, 11) is 1.68. The Bertz CT molecular complexity index is 437. The molecule has 1 rings (SSSR count). The van der Waals surface area contributed by atoms with E-state index in [1.54, 1.807) is 7.11 Å². The van der Waals surface area contributed by atoms with Crippen molar-refractivity contribution >= 4 is 11.7 Å². The molecule has 1 amide bonds. The fourth-order valence-corrected chi connectivity index (χ4v) is 1.99. The van der Waals surface area contributed by atoms with Gasteiger partial charge < -0.3 is 20.7 Å². The van der Waals surface area contributed by atoms with Crippen LogP contribution in [0.15, 0.2) is 12.3 Å². The first kappa shape index (κ1) is 16.4. The number of primary amides is 1. The van der Waals surface area contributed by atoms with Crippen molar-refractivity contribution in [2.45, 2.75) is 20.4 Å². The maximum absolute atomic E-state index is 11.1. The predicted octanol–water partition coefficient (Wildman–Crippen LogP) is 0.438. The molecule has 6 heteroatoms. The van der Waals surface area contributed by atoms with Crippen molar-refractivity contribution < 1.29 is 9.53 Å². The summed E-state index contributed by atoms with van der Waals surface area (Å²) in [4.78, 5) is 17.4. The number of nitrogens with one attached hydrogen (secondary N) is 1. The minimum atomic E-state index is -0.349. The molecule has 0 aliphatic rings. The van der Waals surface area contributed by atoms with E-state index in [9.17, 15) is 4.79 Å². The molecule has 6 nitrogen and oxygen atoms in total. The van der Waals surface area contributed by atoms with Gasteiger partial charge in [-0.05, 0) is 31.0 Å². The lowest BCUT2D eigenvalue weighted by atomic mass is 10.2. The molecule has 0 atom stereocenters. The Morgan fingerprint density at radius 1 is 1.55 bits per heavy atom. The number of anilines is 1. The van der Waals surface area contributed by atoms with Crippen LogP contribution in [0.4, 0.5) is 5.82 Å². The Hall–Kier alpha value is -1.66. The van der Waals surface area contributed by atoms with Crippen LogP contribution in [0.25, 0.3) is 0 Å². The lowest BCUT2D eigenvalue weighted by Gasteiger charge is -2.22. The summed E-state index contributed by atoms with van der Waals surface area (Å²) in [6.45, 7) is 7.10. The van der Waals surface area contributed by atoms with Crippen LogP contribution in [0, 0.1) is 6.92 Å². The van der Waals surface area contributed by atoms with Gasteiger partial charge >= 0.3 is 0 Å². The number of rotatable bonds is 9. The van der Waals surface area contributed by atoms with E-state index in [2.05, 4.69) is 16.4 Å². The van der Waals surface area contributed by atoms with Crippen LogP contribution < -0.4 is 16.0 Å². The number of carbonyl (C=O) groups excluding carboxylic acids is 1. The summed E-state index contributed by atoms with van der Waals surface area (Å²) in [6, 6.07) is 2.08. The summed E-state index contributed by atoms with van der Waals surface area (Å²) < 4.78 is 4.98. The SMILES string of the molecule is CCN(CC(N)=O)c1ncc(CNCCOC)cc1C. The number of amides is 1. The molecule has 3 N–H and O–H groups in total. The van der Waals surface area contributed by atoms with E-state index in [0.29, 0.717) is 13.2 Å². The minimum Gasteiger partial charge on any atom is -0.383 e. The topological polar surface area (TPSA) is 80.5 Å². The van der Waals surface area contributed by atoms with Crippen molar-refractivity contribution in [1.29, 1.82) is 0 Å². The number of hydrogen-bond acceptors (Lipinski definition) is 5. The van der Waals surface area contributed by atoms with Crippen LogP contribution in [-0.4, -0.2) is 44.2 Å². The summed E-state index contributed by atoms with van der Waals surface area (Å²) >= 11 is 0. The molecule has 0 saturated heterocycles. The maximum Gasteiger partial charge on any atom is 0.236 e. The van der Waals surface area contributed by atoms with Gasteiger partial charge in [-0.1, -0.05) is 0 Å². The molecule has 0 aliphatic heterocycles. The van der Waals surface area contributed by atoms with Crippen LogP contribution in [0.3, 0.4) is 0 Å². The summed E-state index contributed by atoms with van der Waals surface area (Å²) in [5, 5.41) is 3.27. The van der Waals surface area contributed by atoms with E-state index < -0.39 is 0 Å². The summed E-state index contributed by atoms with van der Waals surface area (Å²) in [5.41, 5.74) is 7.40. The molecule has 0 bridgehead atoms. The first-order valence-electron chi connectivity index (χ1n) is 6.76. The molecule has 112 valence electrons. The Kier molecular flexibility index (Phi) is 6.97. The fourth-order valence-electron chi connectivity index (χ4n) is 1.99. The number of likely N-dealkylation sites (N-methyl/N-ethyl adjacent to an activating group) is 1. The second kappa shape index (κ2) is 8.50. The van der Waals surface area contributed by atoms with E-state index in [1.165, 1.54) is 0 Å². The zero-order valence-electron chi connectivity index (χ0n) is 12.5. The van der Waals surface area contributed by atoms with Crippen LogP contribution in [0.2, 0.25) is 0 Å². The highest BCUT2D eigenvalue weighted by Crippen LogP contribution is 2.17. The van der Waals surface area contributed by atoms with Gasteiger partial charge in [0.05, 0.1) is 13.2 Å². The Balaban J connectivity index is 2.68. The van der Waals surface area contributed by atoms with E-state index in [0.717, 1.165) is 30.0 Å². The predicted molar refractivity (Wildman–Crippen MR) is 79.6 cm³/mol.